The first kappa shape index (κ1) is 13.5. The van der Waals surface area contributed by atoms with Gasteiger partial charge in [0.05, 0.1) is 4.47 Å². The monoisotopic (exact) mass is 336 g/mol. The highest BCUT2D eigenvalue weighted by molar-refractivity contribution is 9.10. The lowest BCUT2D eigenvalue weighted by atomic mass is 10.2. The molecule has 0 radical (unpaired) electrons. The molecule has 1 saturated carbocycles. The van der Waals surface area contributed by atoms with Crippen molar-refractivity contribution >= 4 is 15.9 Å². The minimum Gasteiger partial charge on any atom is -0.456 e. The molecule has 1 heterocycles. The van der Waals surface area contributed by atoms with Crippen LogP contribution in [0.4, 0.5) is 4.39 Å². The van der Waals surface area contributed by atoms with Crippen LogP contribution in [0.2, 0.25) is 0 Å². The van der Waals surface area contributed by atoms with Crippen molar-refractivity contribution in [2.45, 2.75) is 25.4 Å². The quantitative estimate of drug-likeness (QED) is 0.895. The summed E-state index contributed by atoms with van der Waals surface area (Å²) in [5, 5.41) is 3.42. The van der Waals surface area contributed by atoms with Gasteiger partial charge in [0.2, 0.25) is 0 Å². The second kappa shape index (κ2) is 5.89. The second-order valence-electron chi connectivity index (χ2n) is 4.82. The molecule has 0 saturated heterocycles. The van der Waals surface area contributed by atoms with Gasteiger partial charge in [-0.2, -0.15) is 0 Å². The largest absolute Gasteiger partial charge is 0.456 e. The van der Waals surface area contributed by atoms with Crippen molar-refractivity contribution in [2.75, 3.05) is 0 Å². The maximum atomic E-state index is 13.3. The molecule has 20 heavy (non-hydrogen) atoms. The maximum absolute atomic E-state index is 13.3. The predicted molar refractivity (Wildman–Crippen MR) is 78.3 cm³/mol. The van der Waals surface area contributed by atoms with Crippen LogP contribution in [0.5, 0.6) is 11.5 Å². The van der Waals surface area contributed by atoms with E-state index in [9.17, 15) is 4.39 Å². The number of benzene rings is 1. The van der Waals surface area contributed by atoms with E-state index in [2.05, 4.69) is 26.2 Å². The minimum absolute atomic E-state index is 0.324. The van der Waals surface area contributed by atoms with E-state index >= 15 is 0 Å². The van der Waals surface area contributed by atoms with Crippen LogP contribution in [0.15, 0.2) is 41.1 Å². The Hall–Kier alpha value is -1.46. The first-order valence-electron chi connectivity index (χ1n) is 6.51. The van der Waals surface area contributed by atoms with E-state index in [1.807, 2.05) is 0 Å². The van der Waals surface area contributed by atoms with Crippen LogP contribution in [0.1, 0.15) is 18.4 Å². The summed E-state index contributed by atoms with van der Waals surface area (Å²) in [5.41, 5.74) is 0.968. The molecule has 2 aromatic rings. The van der Waals surface area contributed by atoms with Crippen molar-refractivity contribution in [1.82, 2.24) is 10.3 Å². The highest BCUT2D eigenvalue weighted by Gasteiger charge is 2.20. The van der Waals surface area contributed by atoms with Crippen LogP contribution >= 0.6 is 15.9 Å². The summed E-state index contributed by atoms with van der Waals surface area (Å²) in [5.74, 6) is 0.832. The summed E-state index contributed by atoms with van der Waals surface area (Å²) in [6.45, 7) is 0.709. The Morgan fingerprint density at radius 2 is 2.15 bits per heavy atom. The van der Waals surface area contributed by atoms with E-state index in [0.717, 1.165) is 10.0 Å². The third-order valence-corrected chi connectivity index (χ3v) is 3.79. The second-order valence-corrected chi connectivity index (χ2v) is 5.67. The summed E-state index contributed by atoms with van der Waals surface area (Å²) in [6, 6.07) is 6.79. The molecule has 1 N–H and O–H groups in total. The SMILES string of the molecule is Fc1ccc(Br)c(Oc2ccncc2CNC2CC2)c1. The van der Waals surface area contributed by atoms with Gasteiger partial charge in [-0.05, 0) is 47.0 Å². The van der Waals surface area contributed by atoms with Gasteiger partial charge in [0.15, 0.2) is 0 Å². The minimum atomic E-state index is -0.324. The van der Waals surface area contributed by atoms with E-state index in [1.165, 1.54) is 25.0 Å². The van der Waals surface area contributed by atoms with Gasteiger partial charge in [0, 0.05) is 36.6 Å². The maximum Gasteiger partial charge on any atom is 0.144 e. The summed E-state index contributed by atoms with van der Waals surface area (Å²) < 4.78 is 19.8. The van der Waals surface area contributed by atoms with Gasteiger partial charge in [-0.25, -0.2) is 4.39 Å². The molecule has 0 atom stereocenters. The van der Waals surface area contributed by atoms with Gasteiger partial charge in [-0.3, -0.25) is 4.98 Å². The Labute approximate surface area is 125 Å². The lowest BCUT2D eigenvalue weighted by Crippen LogP contribution is -2.15. The van der Waals surface area contributed by atoms with Crippen molar-refractivity contribution < 1.29 is 9.13 Å². The molecule has 5 heteroatoms. The molecule has 1 aliphatic carbocycles. The number of ether oxygens (including phenoxy) is 1. The van der Waals surface area contributed by atoms with E-state index in [4.69, 9.17) is 4.74 Å². The first-order valence-corrected chi connectivity index (χ1v) is 7.31. The van der Waals surface area contributed by atoms with Crippen LogP contribution in [0.3, 0.4) is 0 Å². The van der Waals surface area contributed by atoms with Crippen molar-refractivity contribution in [3.05, 3.63) is 52.5 Å². The Bertz CT molecular complexity index is 617. The van der Waals surface area contributed by atoms with Crippen LogP contribution in [0.25, 0.3) is 0 Å². The number of hydrogen-bond acceptors (Lipinski definition) is 3. The molecule has 0 unspecified atom stereocenters. The van der Waals surface area contributed by atoms with Crippen LogP contribution < -0.4 is 10.1 Å². The summed E-state index contributed by atoms with van der Waals surface area (Å²) in [6.07, 6.45) is 5.90. The number of nitrogens with zero attached hydrogens (tertiary/aromatic N) is 1. The molecule has 0 amide bonds. The Morgan fingerprint density at radius 1 is 1.30 bits per heavy atom. The Kier molecular flexibility index (Phi) is 3.98. The van der Waals surface area contributed by atoms with Gasteiger partial charge in [-0.1, -0.05) is 0 Å². The molecular formula is C15H14BrFN2O. The summed E-state index contributed by atoms with van der Waals surface area (Å²) in [4.78, 5) is 4.12. The average Bonchev–Trinajstić information content (AvgIpc) is 3.26. The molecule has 0 spiro atoms. The van der Waals surface area contributed by atoms with Crippen LogP contribution in [-0.4, -0.2) is 11.0 Å². The molecule has 104 valence electrons. The third-order valence-electron chi connectivity index (χ3n) is 3.13. The normalized spacial score (nSPS) is 14.3. The number of pyridine rings is 1. The van der Waals surface area contributed by atoms with Crippen LogP contribution in [-0.2, 0) is 6.54 Å². The van der Waals surface area contributed by atoms with Gasteiger partial charge in [0.25, 0.3) is 0 Å². The third kappa shape index (κ3) is 3.35. The van der Waals surface area contributed by atoms with E-state index in [0.29, 0.717) is 24.1 Å². The fourth-order valence-corrected chi connectivity index (χ4v) is 2.19. The van der Waals surface area contributed by atoms with Crippen molar-refractivity contribution in [3.63, 3.8) is 0 Å². The zero-order valence-electron chi connectivity index (χ0n) is 10.8. The lowest BCUT2D eigenvalue weighted by molar-refractivity contribution is 0.463. The van der Waals surface area contributed by atoms with Crippen molar-refractivity contribution in [3.8, 4) is 11.5 Å². The summed E-state index contributed by atoms with van der Waals surface area (Å²) >= 11 is 3.36. The Morgan fingerprint density at radius 3 is 2.95 bits per heavy atom. The summed E-state index contributed by atoms with van der Waals surface area (Å²) in [7, 11) is 0. The standard InChI is InChI=1S/C15H14BrFN2O/c16-13-4-1-11(17)7-15(13)20-14-5-6-18-8-10(14)9-19-12-2-3-12/h1,4-8,12,19H,2-3,9H2. The van der Waals surface area contributed by atoms with Crippen LogP contribution in [0, 0.1) is 5.82 Å². The first-order chi connectivity index (χ1) is 9.72. The molecule has 3 rings (SSSR count). The molecule has 1 aliphatic rings. The van der Waals surface area contributed by atoms with Crippen molar-refractivity contribution in [1.29, 1.82) is 0 Å². The van der Waals surface area contributed by atoms with Gasteiger partial charge >= 0.3 is 0 Å². The molecule has 1 aromatic carbocycles. The average molecular weight is 337 g/mol. The fourth-order valence-electron chi connectivity index (χ4n) is 1.86. The number of nitrogens with one attached hydrogen (secondary N) is 1. The highest BCUT2D eigenvalue weighted by Crippen LogP contribution is 2.32. The van der Waals surface area contributed by atoms with Gasteiger partial charge in [0.1, 0.15) is 17.3 Å². The van der Waals surface area contributed by atoms with Crippen molar-refractivity contribution in [2.24, 2.45) is 0 Å². The number of halogens is 2. The van der Waals surface area contributed by atoms with Gasteiger partial charge in [-0.15, -0.1) is 0 Å². The van der Waals surface area contributed by atoms with E-state index < -0.39 is 0 Å². The molecule has 0 aliphatic heterocycles. The highest BCUT2D eigenvalue weighted by atomic mass is 79.9. The molecule has 1 aromatic heterocycles. The number of aromatic nitrogens is 1. The molecule has 1 fully saturated rings. The molecule has 3 nitrogen and oxygen atoms in total. The fraction of sp³-hybridized carbons (Fsp3) is 0.267. The Balaban J connectivity index is 1.80. The smallest absolute Gasteiger partial charge is 0.144 e. The van der Waals surface area contributed by atoms with Gasteiger partial charge < -0.3 is 10.1 Å². The number of rotatable bonds is 5. The molecular weight excluding hydrogens is 323 g/mol. The topological polar surface area (TPSA) is 34.1 Å². The zero-order valence-corrected chi connectivity index (χ0v) is 12.4. The van der Waals surface area contributed by atoms with E-state index in [-0.39, 0.29) is 5.82 Å². The van der Waals surface area contributed by atoms with E-state index in [1.54, 1.807) is 24.5 Å². The zero-order chi connectivity index (χ0) is 13.9. The lowest BCUT2D eigenvalue weighted by Gasteiger charge is -2.12. The number of hydrogen-bond donors (Lipinski definition) is 1. The predicted octanol–water partition coefficient (Wildman–Crippen LogP) is 4.03. The molecule has 0 bridgehead atoms.